The molecule has 1 heterocycles. The van der Waals surface area contributed by atoms with Crippen LogP contribution >= 0.6 is 11.6 Å². The molecule has 0 saturated carbocycles. The van der Waals surface area contributed by atoms with Crippen molar-refractivity contribution in [2.45, 2.75) is 13.1 Å². The highest BCUT2D eigenvalue weighted by atomic mass is 35.5. The van der Waals surface area contributed by atoms with E-state index < -0.39 is 15.4 Å². The maximum absolute atomic E-state index is 9.58. The molecule has 0 saturated heterocycles. The predicted octanol–water partition coefficient (Wildman–Crippen LogP) is 0.470. The molecule has 0 unspecified atom stereocenters. The van der Waals surface area contributed by atoms with Crippen LogP contribution in [0.25, 0.3) is 0 Å². The molecule has 2 rings (SSSR count). The Morgan fingerprint density at radius 3 is 2.85 bits per heavy atom. The lowest BCUT2D eigenvalue weighted by molar-refractivity contribution is 0.441. The Morgan fingerprint density at radius 1 is 1.46 bits per heavy atom. The molecule has 0 atom stereocenters. The van der Waals surface area contributed by atoms with Gasteiger partial charge in [0.1, 0.15) is 0 Å². The summed E-state index contributed by atoms with van der Waals surface area (Å²) in [7, 11) is -2.65. The Morgan fingerprint density at radius 2 is 2.15 bits per heavy atom. The lowest BCUT2D eigenvalue weighted by Gasteiger charge is -2.16. The second kappa shape index (κ2) is 2.85. The average molecular weight is 213 g/mol. The molecule has 13 heavy (non-hydrogen) atoms. The first-order valence-electron chi connectivity index (χ1n) is 4.16. The number of fused-ring (bicyclic) bond motifs is 1. The third-order valence-corrected chi connectivity index (χ3v) is 5.11. The summed E-state index contributed by atoms with van der Waals surface area (Å²) < 4.78 is 5.51. The summed E-state index contributed by atoms with van der Waals surface area (Å²) in [6, 6.07) is 5.52. The van der Waals surface area contributed by atoms with Gasteiger partial charge in [-0.25, -0.2) is 0 Å². The maximum atomic E-state index is 9.58. The fraction of sp³-hybridized carbons (Fsp3) is 0.250. The summed E-state index contributed by atoms with van der Waals surface area (Å²) >= 11 is 5.88. The topological polar surface area (TPSA) is 29.5 Å². The molecule has 5 heteroatoms. The number of rotatable bonds is 0. The first-order valence-corrected chi connectivity index (χ1v) is 7.45. The summed E-state index contributed by atoms with van der Waals surface area (Å²) in [6.45, 7) is 4.11. The summed E-state index contributed by atoms with van der Waals surface area (Å²) in [6.07, 6.45) is 0. The number of hydrogen-bond donors (Lipinski definition) is 1. The summed E-state index contributed by atoms with van der Waals surface area (Å²) in [4.78, 5) is 0. The van der Waals surface area contributed by atoms with Crippen LogP contribution in [0.4, 0.5) is 0 Å². The van der Waals surface area contributed by atoms with Crippen LogP contribution in [0.2, 0.25) is 18.1 Å². The fourth-order valence-electron chi connectivity index (χ4n) is 1.67. The van der Waals surface area contributed by atoms with Crippen molar-refractivity contribution in [3.63, 3.8) is 0 Å². The monoisotopic (exact) mass is 212 g/mol. The van der Waals surface area contributed by atoms with Gasteiger partial charge in [0.05, 0.1) is 0 Å². The summed E-state index contributed by atoms with van der Waals surface area (Å²) in [5.74, 6) is 0. The molecule has 1 aliphatic heterocycles. The van der Waals surface area contributed by atoms with Gasteiger partial charge in [-0.1, -0.05) is 17.7 Å². The SMILES string of the molecule is C[Si]1(C)OB(O)c2ccc(Cl)cc21. The van der Waals surface area contributed by atoms with Crippen molar-refractivity contribution in [1.29, 1.82) is 0 Å². The van der Waals surface area contributed by atoms with E-state index in [9.17, 15) is 5.02 Å². The number of hydrogen-bond acceptors (Lipinski definition) is 2. The number of halogens is 1. The first-order chi connectivity index (χ1) is 6.00. The molecular formula is C8H10BClO2Si. The minimum Gasteiger partial charge on any atom is -0.446 e. The second-order valence-corrected chi connectivity index (χ2v) is 7.94. The Balaban J connectivity index is 2.60. The zero-order chi connectivity index (χ0) is 9.64. The van der Waals surface area contributed by atoms with Crippen LogP contribution in [0, 0.1) is 0 Å². The Labute approximate surface area is 83.8 Å². The zero-order valence-electron chi connectivity index (χ0n) is 7.54. The lowest BCUT2D eigenvalue weighted by Crippen LogP contribution is -2.43. The smallest absolute Gasteiger partial charge is 0.446 e. The van der Waals surface area contributed by atoms with Gasteiger partial charge < -0.3 is 9.37 Å². The third kappa shape index (κ3) is 1.44. The van der Waals surface area contributed by atoms with Crippen molar-refractivity contribution in [3.8, 4) is 0 Å². The van der Waals surface area contributed by atoms with Crippen LogP contribution in [0.15, 0.2) is 18.2 Å². The van der Waals surface area contributed by atoms with Crippen molar-refractivity contribution in [1.82, 2.24) is 0 Å². The minimum absolute atomic E-state index is 0.706. The maximum Gasteiger partial charge on any atom is 0.480 e. The molecule has 0 fully saturated rings. The molecular weight excluding hydrogens is 202 g/mol. The van der Waals surface area contributed by atoms with Crippen LogP contribution in [-0.2, 0) is 4.34 Å². The second-order valence-electron chi connectivity index (χ2n) is 3.71. The average Bonchev–Trinajstić information content (AvgIpc) is 2.23. The molecule has 0 spiro atoms. The van der Waals surface area contributed by atoms with Crippen molar-refractivity contribution >= 4 is 37.7 Å². The van der Waals surface area contributed by atoms with Gasteiger partial charge in [-0.05, 0) is 35.9 Å². The van der Waals surface area contributed by atoms with Gasteiger partial charge in [0.2, 0.25) is 8.32 Å². The van der Waals surface area contributed by atoms with E-state index in [2.05, 4.69) is 13.1 Å². The van der Waals surface area contributed by atoms with E-state index in [-0.39, 0.29) is 0 Å². The zero-order valence-corrected chi connectivity index (χ0v) is 9.30. The molecule has 2 nitrogen and oxygen atoms in total. The van der Waals surface area contributed by atoms with E-state index in [0.29, 0.717) is 5.02 Å². The van der Waals surface area contributed by atoms with Gasteiger partial charge in [0.15, 0.2) is 0 Å². The normalized spacial score (nSPS) is 18.9. The summed E-state index contributed by atoms with van der Waals surface area (Å²) in [5.41, 5.74) is 0.876. The molecule has 1 aromatic carbocycles. The van der Waals surface area contributed by atoms with Crippen molar-refractivity contribution in [2.24, 2.45) is 0 Å². The molecule has 0 radical (unpaired) electrons. The van der Waals surface area contributed by atoms with Crippen LogP contribution < -0.4 is 10.6 Å². The highest BCUT2D eigenvalue weighted by Crippen LogP contribution is 2.15. The van der Waals surface area contributed by atoms with Gasteiger partial charge in [-0.3, -0.25) is 0 Å². The predicted molar refractivity (Wildman–Crippen MR) is 57.3 cm³/mol. The highest BCUT2D eigenvalue weighted by molar-refractivity contribution is 6.97. The molecule has 1 aliphatic rings. The van der Waals surface area contributed by atoms with E-state index in [0.717, 1.165) is 10.6 Å². The molecule has 0 aliphatic carbocycles. The van der Waals surface area contributed by atoms with E-state index in [1.165, 1.54) is 0 Å². The molecule has 0 bridgehead atoms. The molecule has 68 valence electrons. The van der Waals surface area contributed by atoms with E-state index >= 15 is 0 Å². The third-order valence-electron chi connectivity index (χ3n) is 2.34. The molecule has 1 aromatic rings. The standard InChI is InChI=1S/C8H10BClO2Si/c1-13(2)8-5-6(10)3-4-7(8)9(11)12-13/h3-5,11H,1-2H3. The molecule has 1 N–H and O–H groups in total. The van der Waals surface area contributed by atoms with Gasteiger partial charge >= 0.3 is 7.12 Å². The van der Waals surface area contributed by atoms with E-state index in [1.54, 1.807) is 6.07 Å². The first kappa shape index (κ1) is 9.27. The van der Waals surface area contributed by atoms with Crippen LogP contribution in [0.5, 0.6) is 0 Å². The Kier molecular flexibility index (Phi) is 2.03. The Hall–Kier alpha value is -0.288. The van der Waals surface area contributed by atoms with E-state index in [4.69, 9.17) is 15.9 Å². The molecule has 0 amide bonds. The van der Waals surface area contributed by atoms with Crippen molar-refractivity contribution < 1.29 is 9.37 Å². The highest BCUT2D eigenvalue weighted by Gasteiger charge is 2.42. The van der Waals surface area contributed by atoms with Gasteiger partial charge in [-0.2, -0.15) is 0 Å². The summed E-state index contributed by atoms with van der Waals surface area (Å²) in [5, 5.41) is 11.4. The Bertz CT molecular complexity index is 356. The minimum atomic E-state index is -1.89. The van der Waals surface area contributed by atoms with Crippen molar-refractivity contribution in [2.75, 3.05) is 0 Å². The quantitative estimate of drug-likeness (QED) is 0.634. The largest absolute Gasteiger partial charge is 0.480 e. The fourth-order valence-corrected chi connectivity index (χ4v) is 4.15. The van der Waals surface area contributed by atoms with Crippen molar-refractivity contribution in [3.05, 3.63) is 23.2 Å². The van der Waals surface area contributed by atoms with Gasteiger partial charge in [0, 0.05) is 5.02 Å². The number of benzene rings is 1. The van der Waals surface area contributed by atoms with Gasteiger partial charge in [0.25, 0.3) is 0 Å². The van der Waals surface area contributed by atoms with Crippen LogP contribution in [0.1, 0.15) is 0 Å². The van der Waals surface area contributed by atoms with Crippen LogP contribution in [0.3, 0.4) is 0 Å². The molecule has 0 aromatic heterocycles. The lowest BCUT2D eigenvalue weighted by atomic mass is 9.80. The van der Waals surface area contributed by atoms with Gasteiger partial charge in [-0.15, -0.1) is 0 Å². The van der Waals surface area contributed by atoms with Crippen LogP contribution in [-0.4, -0.2) is 20.5 Å². The van der Waals surface area contributed by atoms with E-state index in [1.807, 2.05) is 12.1 Å².